The molecule has 0 radical (unpaired) electrons. The second kappa shape index (κ2) is 12.6. The van der Waals surface area contributed by atoms with Crippen LogP contribution in [0.3, 0.4) is 0 Å². The molecule has 3 rings (SSSR count). The Kier molecular flexibility index (Phi) is 9.61. The first-order chi connectivity index (χ1) is 17.2. The maximum atomic E-state index is 13.8. The molecule has 8 nitrogen and oxygen atoms in total. The van der Waals surface area contributed by atoms with Crippen molar-refractivity contribution in [1.82, 2.24) is 20.4 Å². The molecule has 3 atom stereocenters. The number of nitrogens with one attached hydrogen (secondary N) is 2. The summed E-state index contributed by atoms with van der Waals surface area (Å²) in [5.41, 5.74) is 7.65. The molecule has 1 fully saturated rings. The minimum absolute atomic E-state index is 0.158. The smallest absolute Gasteiger partial charge is 0.246 e. The predicted molar refractivity (Wildman–Crippen MR) is 141 cm³/mol. The summed E-state index contributed by atoms with van der Waals surface area (Å²) in [6.07, 6.45) is 0. The largest absolute Gasteiger partial charge is 0.343 e. The van der Waals surface area contributed by atoms with E-state index in [-0.39, 0.29) is 29.7 Å². The summed E-state index contributed by atoms with van der Waals surface area (Å²) in [7, 11) is 0. The van der Waals surface area contributed by atoms with Crippen molar-refractivity contribution in [3.8, 4) is 0 Å². The molecule has 2 aromatic carbocycles. The molecule has 2 aromatic rings. The Morgan fingerprint density at radius 3 is 1.94 bits per heavy atom. The van der Waals surface area contributed by atoms with E-state index in [4.69, 9.17) is 5.73 Å². The zero-order valence-corrected chi connectivity index (χ0v) is 21.7. The van der Waals surface area contributed by atoms with E-state index in [0.29, 0.717) is 19.6 Å². The first-order valence-corrected chi connectivity index (χ1v) is 12.7. The van der Waals surface area contributed by atoms with Gasteiger partial charge in [0.1, 0.15) is 12.1 Å². The third-order valence-corrected chi connectivity index (χ3v) is 6.69. The normalized spacial score (nSPS) is 18.1. The van der Waals surface area contributed by atoms with Gasteiger partial charge in [-0.3, -0.25) is 19.3 Å². The molecule has 0 bridgehead atoms. The van der Waals surface area contributed by atoms with Crippen molar-refractivity contribution in [1.29, 1.82) is 0 Å². The minimum Gasteiger partial charge on any atom is -0.343 e. The van der Waals surface area contributed by atoms with Crippen molar-refractivity contribution >= 4 is 17.7 Å². The summed E-state index contributed by atoms with van der Waals surface area (Å²) in [4.78, 5) is 43.6. The maximum Gasteiger partial charge on any atom is 0.246 e. The van der Waals surface area contributed by atoms with Crippen LogP contribution >= 0.6 is 0 Å². The lowest BCUT2D eigenvalue weighted by atomic mass is 9.97. The molecule has 1 aliphatic rings. The van der Waals surface area contributed by atoms with E-state index in [1.807, 2.05) is 81.4 Å². The summed E-state index contributed by atoms with van der Waals surface area (Å²) in [6, 6.07) is 17.1. The molecule has 36 heavy (non-hydrogen) atoms. The maximum absolute atomic E-state index is 13.8. The topological polar surface area (TPSA) is 108 Å². The average molecular weight is 494 g/mol. The molecule has 1 aliphatic heterocycles. The Balaban J connectivity index is 1.89. The number of likely N-dealkylation sites (N-methyl/N-ethyl adjacent to an activating group) is 1. The highest BCUT2D eigenvalue weighted by Gasteiger charge is 2.39. The number of nitrogens with two attached hydrogens (primary N) is 1. The summed E-state index contributed by atoms with van der Waals surface area (Å²) in [5.74, 6) is -1.02. The molecule has 0 aliphatic carbocycles. The Morgan fingerprint density at radius 2 is 1.47 bits per heavy atom. The third-order valence-electron chi connectivity index (χ3n) is 6.69. The van der Waals surface area contributed by atoms with Gasteiger partial charge in [-0.1, -0.05) is 81.4 Å². The number of rotatable bonds is 9. The van der Waals surface area contributed by atoms with Gasteiger partial charge in [0, 0.05) is 19.6 Å². The molecule has 1 heterocycles. The van der Waals surface area contributed by atoms with Crippen LogP contribution in [0.2, 0.25) is 0 Å². The Bertz CT molecular complexity index is 973. The molecule has 0 spiro atoms. The van der Waals surface area contributed by atoms with E-state index in [1.54, 1.807) is 11.8 Å². The standard InChI is InChI=1S/C28H39N5O3/c1-5-32-16-17-33(28(36)24(19(2)3)30-26(34)20(4)29)23(18-32)27(35)31-25(21-12-8-6-9-13-21)22-14-10-7-11-15-22/h6-15,19-20,23-25H,5,16-18,29H2,1-4H3,(H,30,34)(H,31,35)/t20-,23?,24-/m0/s1. The highest BCUT2D eigenvalue weighted by molar-refractivity contribution is 5.93. The summed E-state index contributed by atoms with van der Waals surface area (Å²) >= 11 is 0. The monoisotopic (exact) mass is 493 g/mol. The van der Waals surface area contributed by atoms with Gasteiger partial charge in [0.15, 0.2) is 0 Å². The van der Waals surface area contributed by atoms with Gasteiger partial charge in [-0.2, -0.15) is 0 Å². The van der Waals surface area contributed by atoms with Crippen molar-refractivity contribution < 1.29 is 14.4 Å². The highest BCUT2D eigenvalue weighted by atomic mass is 16.2. The number of benzene rings is 2. The number of carbonyl (C=O) groups is 3. The van der Waals surface area contributed by atoms with Gasteiger partial charge in [0.2, 0.25) is 17.7 Å². The van der Waals surface area contributed by atoms with Gasteiger partial charge < -0.3 is 21.3 Å². The summed E-state index contributed by atoms with van der Waals surface area (Å²) < 4.78 is 0. The van der Waals surface area contributed by atoms with E-state index in [1.165, 1.54) is 0 Å². The Morgan fingerprint density at radius 1 is 0.917 bits per heavy atom. The molecular formula is C28H39N5O3. The number of amides is 3. The van der Waals surface area contributed by atoms with Crippen LogP contribution < -0.4 is 16.4 Å². The highest BCUT2D eigenvalue weighted by Crippen LogP contribution is 2.23. The molecule has 194 valence electrons. The average Bonchev–Trinajstić information content (AvgIpc) is 2.90. The molecule has 1 unspecified atom stereocenters. The van der Waals surface area contributed by atoms with Crippen LogP contribution in [0, 0.1) is 5.92 Å². The van der Waals surface area contributed by atoms with E-state index in [2.05, 4.69) is 15.5 Å². The quantitative estimate of drug-likeness (QED) is 0.495. The van der Waals surface area contributed by atoms with Crippen molar-refractivity contribution in [2.45, 2.75) is 51.9 Å². The van der Waals surface area contributed by atoms with E-state index in [9.17, 15) is 14.4 Å². The second-order valence-corrected chi connectivity index (χ2v) is 9.72. The van der Waals surface area contributed by atoms with Crippen LogP contribution in [0.4, 0.5) is 0 Å². The fourth-order valence-corrected chi connectivity index (χ4v) is 4.48. The van der Waals surface area contributed by atoms with Gasteiger partial charge in [-0.25, -0.2) is 0 Å². The lowest BCUT2D eigenvalue weighted by Crippen LogP contribution is -2.64. The predicted octanol–water partition coefficient (Wildman–Crippen LogP) is 1.91. The van der Waals surface area contributed by atoms with Crippen LogP contribution in [0.5, 0.6) is 0 Å². The van der Waals surface area contributed by atoms with Crippen LogP contribution in [0.1, 0.15) is 44.9 Å². The van der Waals surface area contributed by atoms with Gasteiger partial charge in [0.25, 0.3) is 0 Å². The molecule has 1 saturated heterocycles. The van der Waals surface area contributed by atoms with E-state index >= 15 is 0 Å². The summed E-state index contributed by atoms with van der Waals surface area (Å²) in [6.45, 7) is 9.66. The zero-order valence-electron chi connectivity index (χ0n) is 21.7. The lowest BCUT2D eigenvalue weighted by Gasteiger charge is -2.42. The molecule has 4 N–H and O–H groups in total. The fraction of sp³-hybridized carbons (Fsp3) is 0.464. The number of nitrogens with zero attached hydrogens (tertiary/aromatic N) is 2. The zero-order chi connectivity index (χ0) is 26.2. The van der Waals surface area contributed by atoms with Crippen molar-refractivity contribution in [3.05, 3.63) is 71.8 Å². The van der Waals surface area contributed by atoms with Crippen molar-refractivity contribution in [2.75, 3.05) is 26.2 Å². The van der Waals surface area contributed by atoms with Gasteiger partial charge in [-0.05, 0) is 30.5 Å². The van der Waals surface area contributed by atoms with Crippen LogP contribution in [0.15, 0.2) is 60.7 Å². The van der Waals surface area contributed by atoms with Crippen LogP contribution in [-0.4, -0.2) is 71.8 Å². The molecule has 3 amide bonds. The third kappa shape index (κ3) is 6.71. The van der Waals surface area contributed by atoms with Gasteiger partial charge in [-0.15, -0.1) is 0 Å². The van der Waals surface area contributed by atoms with Gasteiger partial charge in [0.05, 0.1) is 12.1 Å². The first-order valence-electron chi connectivity index (χ1n) is 12.7. The SMILES string of the molecule is CCN1CCN(C(=O)[C@@H](NC(=O)[C@H](C)N)C(C)C)C(C(=O)NC(c2ccccc2)c2ccccc2)C1. The van der Waals surface area contributed by atoms with Crippen LogP contribution in [0.25, 0.3) is 0 Å². The number of piperazine rings is 1. The lowest BCUT2D eigenvalue weighted by molar-refractivity contribution is -0.147. The minimum atomic E-state index is -0.758. The first kappa shape index (κ1) is 27.4. The molecule has 0 saturated carbocycles. The van der Waals surface area contributed by atoms with Crippen molar-refractivity contribution in [3.63, 3.8) is 0 Å². The van der Waals surface area contributed by atoms with Crippen LogP contribution in [-0.2, 0) is 14.4 Å². The van der Waals surface area contributed by atoms with E-state index < -0.39 is 18.1 Å². The van der Waals surface area contributed by atoms with Crippen molar-refractivity contribution in [2.24, 2.45) is 11.7 Å². The Hall–Kier alpha value is -3.23. The van der Waals surface area contributed by atoms with E-state index in [0.717, 1.165) is 17.7 Å². The molecule has 0 aromatic heterocycles. The molecular weight excluding hydrogens is 454 g/mol. The fourth-order valence-electron chi connectivity index (χ4n) is 4.48. The number of hydrogen-bond donors (Lipinski definition) is 3. The van der Waals surface area contributed by atoms with Gasteiger partial charge >= 0.3 is 0 Å². The Labute approximate surface area is 214 Å². The second-order valence-electron chi connectivity index (χ2n) is 9.72. The molecule has 8 heteroatoms. The number of carbonyl (C=O) groups excluding carboxylic acids is 3. The number of hydrogen-bond acceptors (Lipinski definition) is 5. The summed E-state index contributed by atoms with van der Waals surface area (Å²) in [5, 5.41) is 6.00.